The van der Waals surface area contributed by atoms with E-state index in [4.69, 9.17) is 5.11 Å². The van der Waals surface area contributed by atoms with Crippen molar-refractivity contribution in [3.8, 4) is 0 Å². The van der Waals surface area contributed by atoms with E-state index in [-0.39, 0.29) is 18.5 Å². The van der Waals surface area contributed by atoms with Gasteiger partial charge >= 0.3 is 12.0 Å². The van der Waals surface area contributed by atoms with Gasteiger partial charge in [0.1, 0.15) is 0 Å². The molecule has 0 aromatic rings. The number of carbonyl (C=O) groups excluding carboxylic acids is 1. The Labute approximate surface area is 96.6 Å². The quantitative estimate of drug-likeness (QED) is 0.621. The molecule has 94 valence electrons. The third kappa shape index (κ3) is 8.08. The summed E-state index contributed by atoms with van der Waals surface area (Å²) in [5.41, 5.74) is 0. The number of carboxylic acids is 1. The molecule has 0 bridgehead atoms. The third-order valence-electron chi connectivity index (χ3n) is 2.06. The summed E-state index contributed by atoms with van der Waals surface area (Å²) in [5, 5.41) is 14.0. The number of carboxylic acid groups (broad SMARTS) is 1. The van der Waals surface area contributed by atoms with Gasteiger partial charge < -0.3 is 15.7 Å². The number of hydrogen-bond acceptors (Lipinski definition) is 2. The van der Waals surface area contributed by atoms with Crippen molar-refractivity contribution in [2.75, 3.05) is 6.54 Å². The number of amides is 2. The van der Waals surface area contributed by atoms with E-state index in [0.717, 1.165) is 6.42 Å². The first kappa shape index (κ1) is 14.7. The van der Waals surface area contributed by atoms with Crippen molar-refractivity contribution < 1.29 is 14.7 Å². The molecule has 3 N–H and O–H groups in total. The Morgan fingerprint density at radius 1 is 1.31 bits per heavy atom. The van der Waals surface area contributed by atoms with Crippen LogP contribution in [0.2, 0.25) is 0 Å². The van der Waals surface area contributed by atoms with Crippen LogP contribution in [-0.4, -0.2) is 29.7 Å². The normalized spacial score (nSPS) is 12.2. The molecule has 0 rings (SSSR count). The van der Waals surface area contributed by atoms with Gasteiger partial charge in [-0.05, 0) is 12.3 Å². The molecule has 1 unspecified atom stereocenters. The average molecular weight is 230 g/mol. The summed E-state index contributed by atoms with van der Waals surface area (Å²) in [6.07, 6.45) is 1.51. The van der Waals surface area contributed by atoms with Gasteiger partial charge in [-0.2, -0.15) is 0 Å². The first-order valence-corrected chi connectivity index (χ1v) is 5.71. The Morgan fingerprint density at radius 2 is 1.94 bits per heavy atom. The highest BCUT2D eigenvalue weighted by Gasteiger charge is 2.14. The predicted molar refractivity (Wildman–Crippen MR) is 62.3 cm³/mol. The van der Waals surface area contributed by atoms with Crippen LogP contribution in [0.1, 0.15) is 40.0 Å². The van der Waals surface area contributed by atoms with Crippen molar-refractivity contribution in [3.63, 3.8) is 0 Å². The topological polar surface area (TPSA) is 78.4 Å². The third-order valence-corrected chi connectivity index (χ3v) is 2.06. The molecule has 0 saturated heterocycles. The van der Waals surface area contributed by atoms with E-state index in [2.05, 4.69) is 10.6 Å². The molecule has 2 amide bonds. The van der Waals surface area contributed by atoms with Crippen molar-refractivity contribution in [2.45, 2.75) is 46.1 Å². The summed E-state index contributed by atoms with van der Waals surface area (Å²) < 4.78 is 0. The van der Waals surface area contributed by atoms with Gasteiger partial charge in [0.05, 0.1) is 6.42 Å². The van der Waals surface area contributed by atoms with Crippen molar-refractivity contribution in [3.05, 3.63) is 0 Å². The number of rotatable bonds is 7. The summed E-state index contributed by atoms with van der Waals surface area (Å²) in [6.45, 7) is 6.56. The molecule has 0 aliphatic rings. The van der Waals surface area contributed by atoms with Crippen molar-refractivity contribution in [1.82, 2.24) is 10.6 Å². The molecule has 0 saturated carbocycles. The lowest BCUT2D eigenvalue weighted by Crippen LogP contribution is -2.44. The molecule has 1 atom stereocenters. The van der Waals surface area contributed by atoms with E-state index >= 15 is 0 Å². The summed E-state index contributed by atoms with van der Waals surface area (Å²) in [5.74, 6) is -0.502. The van der Waals surface area contributed by atoms with Crippen LogP contribution in [-0.2, 0) is 4.79 Å². The highest BCUT2D eigenvalue weighted by Crippen LogP contribution is 2.01. The molecule has 0 radical (unpaired) electrons. The molecule has 0 aliphatic carbocycles. The molecular formula is C11H22N2O3. The van der Waals surface area contributed by atoms with Gasteiger partial charge in [0.25, 0.3) is 0 Å². The fourth-order valence-electron chi connectivity index (χ4n) is 1.32. The average Bonchev–Trinajstić information content (AvgIpc) is 2.14. The SMILES string of the molecule is CCCC(CC(=O)O)NC(=O)NCC(C)C. The Balaban J connectivity index is 3.97. The van der Waals surface area contributed by atoms with Crippen LogP contribution >= 0.6 is 0 Å². The number of aliphatic carboxylic acids is 1. The van der Waals surface area contributed by atoms with Crippen LogP contribution < -0.4 is 10.6 Å². The maximum absolute atomic E-state index is 11.4. The molecular weight excluding hydrogens is 208 g/mol. The summed E-state index contributed by atoms with van der Waals surface area (Å²) >= 11 is 0. The maximum atomic E-state index is 11.4. The van der Waals surface area contributed by atoms with Crippen molar-refractivity contribution in [1.29, 1.82) is 0 Å². The zero-order valence-electron chi connectivity index (χ0n) is 10.2. The van der Waals surface area contributed by atoms with Gasteiger partial charge in [-0.3, -0.25) is 4.79 Å². The molecule has 0 aromatic carbocycles. The van der Waals surface area contributed by atoms with Gasteiger partial charge in [0.2, 0.25) is 0 Å². The number of carbonyl (C=O) groups is 2. The second-order valence-corrected chi connectivity index (χ2v) is 4.33. The van der Waals surface area contributed by atoms with Gasteiger partial charge in [-0.25, -0.2) is 4.79 Å². The van der Waals surface area contributed by atoms with Crippen molar-refractivity contribution >= 4 is 12.0 Å². The summed E-state index contributed by atoms with van der Waals surface area (Å²) in [4.78, 5) is 22.0. The van der Waals surface area contributed by atoms with E-state index in [1.165, 1.54) is 0 Å². The minimum absolute atomic E-state index is 0.0249. The number of nitrogens with one attached hydrogen (secondary N) is 2. The van der Waals surface area contributed by atoms with Crippen LogP contribution in [0, 0.1) is 5.92 Å². The second-order valence-electron chi connectivity index (χ2n) is 4.33. The van der Waals surface area contributed by atoms with Crippen LogP contribution in [0.5, 0.6) is 0 Å². The first-order valence-electron chi connectivity index (χ1n) is 5.71. The second kappa shape index (κ2) is 7.96. The zero-order chi connectivity index (χ0) is 12.6. The lowest BCUT2D eigenvalue weighted by molar-refractivity contribution is -0.137. The van der Waals surface area contributed by atoms with Crippen LogP contribution in [0.3, 0.4) is 0 Å². The summed E-state index contributed by atoms with van der Waals surface area (Å²) in [7, 11) is 0. The molecule has 16 heavy (non-hydrogen) atoms. The van der Waals surface area contributed by atoms with Gasteiger partial charge in [-0.1, -0.05) is 27.2 Å². The van der Waals surface area contributed by atoms with Crippen molar-refractivity contribution in [2.24, 2.45) is 5.92 Å². The maximum Gasteiger partial charge on any atom is 0.315 e. The monoisotopic (exact) mass is 230 g/mol. The van der Waals surface area contributed by atoms with E-state index in [0.29, 0.717) is 18.9 Å². The number of urea groups is 1. The fourth-order valence-corrected chi connectivity index (χ4v) is 1.32. The molecule has 5 nitrogen and oxygen atoms in total. The minimum atomic E-state index is -0.886. The number of hydrogen-bond donors (Lipinski definition) is 3. The van der Waals surface area contributed by atoms with Crippen LogP contribution in [0.25, 0.3) is 0 Å². The molecule has 0 aliphatic heterocycles. The molecule has 5 heteroatoms. The van der Waals surface area contributed by atoms with Crippen LogP contribution in [0.15, 0.2) is 0 Å². The first-order chi connectivity index (χ1) is 7.45. The van der Waals surface area contributed by atoms with E-state index in [1.54, 1.807) is 0 Å². The van der Waals surface area contributed by atoms with Gasteiger partial charge in [0.15, 0.2) is 0 Å². The van der Waals surface area contributed by atoms with Crippen LogP contribution in [0.4, 0.5) is 4.79 Å². The minimum Gasteiger partial charge on any atom is -0.481 e. The Hall–Kier alpha value is -1.26. The van der Waals surface area contributed by atoms with E-state index < -0.39 is 5.97 Å². The Morgan fingerprint density at radius 3 is 2.38 bits per heavy atom. The predicted octanol–water partition coefficient (Wildman–Crippen LogP) is 1.58. The summed E-state index contributed by atoms with van der Waals surface area (Å²) in [6, 6.07) is -0.567. The van der Waals surface area contributed by atoms with E-state index in [1.807, 2.05) is 20.8 Å². The molecule has 0 heterocycles. The molecule has 0 aromatic heterocycles. The fraction of sp³-hybridized carbons (Fsp3) is 0.818. The largest absolute Gasteiger partial charge is 0.481 e. The molecule has 0 fully saturated rings. The smallest absolute Gasteiger partial charge is 0.315 e. The van der Waals surface area contributed by atoms with Gasteiger partial charge in [0, 0.05) is 12.6 Å². The molecule has 0 spiro atoms. The highest BCUT2D eigenvalue weighted by atomic mass is 16.4. The lowest BCUT2D eigenvalue weighted by Gasteiger charge is -2.17. The Bertz CT molecular complexity index is 229. The standard InChI is InChI=1S/C11H22N2O3/c1-4-5-9(6-10(14)15)13-11(16)12-7-8(2)3/h8-9H,4-7H2,1-3H3,(H,14,15)(H2,12,13,16). The van der Waals surface area contributed by atoms with E-state index in [9.17, 15) is 9.59 Å². The lowest BCUT2D eigenvalue weighted by atomic mass is 10.1. The van der Waals surface area contributed by atoms with Gasteiger partial charge in [-0.15, -0.1) is 0 Å². The Kier molecular flexibility index (Phi) is 7.33. The highest BCUT2D eigenvalue weighted by molar-refractivity contribution is 5.75. The zero-order valence-corrected chi connectivity index (χ0v) is 10.2.